The lowest BCUT2D eigenvalue weighted by atomic mass is 10.2. The summed E-state index contributed by atoms with van der Waals surface area (Å²) in [5, 5.41) is 7.89. The minimum absolute atomic E-state index is 0.896. The standard InChI is InChI=1S/C12H15N3/c1-2-3-4-5-7-11-8-6-9-12-14-13-10-15(11)12/h5-10H,2-4H2,1H3/b7-5+. The van der Waals surface area contributed by atoms with Gasteiger partial charge in [0.2, 0.25) is 0 Å². The smallest absolute Gasteiger partial charge is 0.161 e. The van der Waals surface area contributed by atoms with Gasteiger partial charge < -0.3 is 0 Å². The molecular weight excluding hydrogens is 186 g/mol. The third kappa shape index (κ3) is 2.24. The lowest BCUT2D eigenvalue weighted by Crippen LogP contribution is -1.88. The summed E-state index contributed by atoms with van der Waals surface area (Å²) < 4.78 is 1.99. The van der Waals surface area contributed by atoms with E-state index in [-0.39, 0.29) is 0 Å². The zero-order valence-electron chi connectivity index (χ0n) is 8.93. The maximum absolute atomic E-state index is 4.00. The van der Waals surface area contributed by atoms with Crippen molar-refractivity contribution in [3.63, 3.8) is 0 Å². The average Bonchev–Trinajstić information content (AvgIpc) is 2.73. The van der Waals surface area contributed by atoms with E-state index in [2.05, 4.69) is 35.3 Å². The molecule has 0 fully saturated rings. The molecule has 2 aromatic heterocycles. The van der Waals surface area contributed by atoms with Gasteiger partial charge in [0.05, 0.1) is 0 Å². The molecule has 0 N–H and O–H groups in total. The van der Waals surface area contributed by atoms with Crippen molar-refractivity contribution in [3.05, 3.63) is 36.3 Å². The molecule has 2 rings (SSSR count). The molecule has 78 valence electrons. The Morgan fingerprint density at radius 3 is 3.20 bits per heavy atom. The van der Waals surface area contributed by atoms with Crippen LogP contribution in [0.3, 0.4) is 0 Å². The van der Waals surface area contributed by atoms with Crippen LogP contribution in [0.5, 0.6) is 0 Å². The van der Waals surface area contributed by atoms with Crippen molar-refractivity contribution < 1.29 is 0 Å². The van der Waals surface area contributed by atoms with E-state index < -0.39 is 0 Å². The number of fused-ring (bicyclic) bond motifs is 1. The molecule has 0 aliphatic carbocycles. The van der Waals surface area contributed by atoms with Crippen LogP contribution in [-0.4, -0.2) is 14.6 Å². The third-order valence-electron chi connectivity index (χ3n) is 2.38. The quantitative estimate of drug-likeness (QED) is 0.712. The summed E-state index contributed by atoms with van der Waals surface area (Å²) in [6.45, 7) is 2.20. The summed E-state index contributed by atoms with van der Waals surface area (Å²) in [5.74, 6) is 0. The Balaban J connectivity index is 2.20. The molecule has 0 saturated heterocycles. The zero-order valence-corrected chi connectivity index (χ0v) is 8.93. The highest BCUT2D eigenvalue weighted by atomic mass is 15.2. The van der Waals surface area contributed by atoms with E-state index in [9.17, 15) is 0 Å². The van der Waals surface area contributed by atoms with Gasteiger partial charge in [0.15, 0.2) is 5.65 Å². The van der Waals surface area contributed by atoms with E-state index >= 15 is 0 Å². The lowest BCUT2D eigenvalue weighted by molar-refractivity contribution is 0.816. The van der Waals surface area contributed by atoms with Crippen molar-refractivity contribution >= 4 is 11.7 Å². The van der Waals surface area contributed by atoms with Crippen LogP contribution in [0.2, 0.25) is 0 Å². The van der Waals surface area contributed by atoms with Gasteiger partial charge in [-0.2, -0.15) is 0 Å². The van der Waals surface area contributed by atoms with Crippen LogP contribution < -0.4 is 0 Å². The number of rotatable bonds is 4. The molecule has 3 heteroatoms. The number of aromatic nitrogens is 3. The van der Waals surface area contributed by atoms with E-state index in [1.54, 1.807) is 6.33 Å². The SMILES string of the molecule is CCCC/C=C/c1cccc2nncn12. The summed E-state index contributed by atoms with van der Waals surface area (Å²) >= 11 is 0. The molecule has 3 nitrogen and oxygen atoms in total. The van der Waals surface area contributed by atoms with E-state index in [0.717, 1.165) is 17.8 Å². The summed E-state index contributed by atoms with van der Waals surface area (Å²) in [6.07, 6.45) is 9.70. The molecule has 2 aromatic rings. The van der Waals surface area contributed by atoms with E-state index in [1.165, 1.54) is 12.8 Å². The molecule has 0 aliphatic heterocycles. The predicted molar refractivity (Wildman–Crippen MR) is 61.5 cm³/mol. The Hall–Kier alpha value is -1.64. The van der Waals surface area contributed by atoms with Crippen molar-refractivity contribution in [2.45, 2.75) is 26.2 Å². The molecule has 0 atom stereocenters. The molecule has 0 radical (unpaired) electrons. The molecule has 0 aromatic carbocycles. The fourth-order valence-corrected chi connectivity index (χ4v) is 1.53. The van der Waals surface area contributed by atoms with Crippen molar-refractivity contribution in [1.82, 2.24) is 14.6 Å². The van der Waals surface area contributed by atoms with Crippen LogP contribution in [0.15, 0.2) is 30.6 Å². The predicted octanol–water partition coefficient (Wildman–Crippen LogP) is 2.93. The van der Waals surface area contributed by atoms with Crippen LogP contribution in [0.1, 0.15) is 31.9 Å². The van der Waals surface area contributed by atoms with E-state index in [4.69, 9.17) is 0 Å². The fraction of sp³-hybridized carbons (Fsp3) is 0.333. The molecule has 0 aliphatic rings. The van der Waals surface area contributed by atoms with Gasteiger partial charge in [-0.15, -0.1) is 10.2 Å². The Labute approximate surface area is 89.5 Å². The summed E-state index contributed by atoms with van der Waals surface area (Å²) in [6, 6.07) is 6.03. The number of nitrogens with zero attached hydrogens (tertiary/aromatic N) is 3. The van der Waals surface area contributed by atoms with Crippen molar-refractivity contribution in [2.24, 2.45) is 0 Å². The van der Waals surface area contributed by atoms with Crippen molar-refractivity contribution in [3.8, 4) is 0 Å². The number of hydrogen-bond acceptors (Lipinski definition) is 2. The molecule has 0 unspecified atom stereocenters. The highest BCUT2D eigenvalue weighted by Crippen LogP contribution is 2.07. The van der Waals surface area contributed by atoms with Gasteiger partial charge in [-0.25, -0.2) is 0 Å². The van der Waals surface area contributed by atoms with E-state index in [1.807, 2.05) is 16.5 Å². The van der Waals surface area contributed by atoms with Crippen molar-refractivity contribution in [1.29, 1.82) is 0 Å². The van der Waals surface area contributed by atoms with Gasteiger partial charge in [-0.3, -0.25) is 4.40 Å². The molecule has 2 heterocycles. The Bertz CT molecular complexity index is 457. The molecule has 0 spiro atoms. The molecule has 0 bridgehead atoms. The maximum atomic E-state index is 4.00. The maximum Gasteiger partial charge on any atom is 0.161 e. The minimum Gasteiger partial charge on any atom is -0.282 e. The van der Waals surface area contributed by atoms with Gasteiger partial charge in [-0.1, -0.05) is 31.9 Å². The Morgan fingerprint density at radius 2 is 2.33 bits per heavy atom. The summed E-state index contributed by atoms with van der Waals surface area (Å²) in [4.78, 5) is 0. The van der Waals surface area contributed by atoms with Crippen LogP contribution >= 0.6 is 0 Å². The van der Waals surface area contributed by atoms with Gasteiger partial charge in [0, 0.05) is 5.69 Å². The minimum atomic E-state index is 0.896. The van der Waals surface area contributed by atoms with Gasteiger partial charge in [0.25, 0.3) is 0 Å². The number of allylic oxidation sites excluding steroid dienone is 1. The molecule has 15 heavy (non-hydrogen) atoms. The molecule has 0 amide bonds. The van der Waals surface area contributed by atoms with Gasteiger partial charge in [0.1, 0.15) is 6.33 Å². The third-order valence-corrected chi connectivity index (χ3v) is 2.38. The number of unbranched alkanes of at least 4 members (excludes halogenated alkanes) is 2. The van der Waals surface area contributed by atoms with Crippen molar-refractivity contribution in [2.75, 3.05) is 0 Å². The Kier molecular flexibility index (Phi) is 3.12. The Morgan fingerprint density at radius 1 is 1.40 bits per heavy atom. The monoisotopic (exact) mass is 201 g/mol. The molecular formula is C12H15N3. The first-order chi connectivity index (χ1) is 7.42. The fourth-order valence-electron chi connectivity index (χ4n) is 1.53. The number of pyridine rings is 1. The van der Waals surface area contributed by atoms with Gasteiger partial charge in [-0.05, 0) is 24.6 Å². The molecule has 0 saturated carbocycles. The summed E-state index contributed by atoms with van der Waals surface area (Å²) in [7, 11) is 0. The summed E-state index contributed by atoms with van der Waals surface area (Å²) in [5.41, 5.74) is 2.03. The largest absolute Gasteiger partial charge is 0.282 e. The van der Waals surface area contributed by atoms with Crippen LogP contribution in [0, 0.1) is 0 Å². The topological polar surface area (TPSA) is 30.2 Å². The number of hydrogen-bond donors (Lipinski definition) is 0. The lowest BCUT2D eigenvalue weighted by Gasteiger charge is -1.97. The normalized spacial score (nSPS) is 11.5. The van der Waals surface area contributed by atoms with Gasteiger partial charge >= 0.3 is 0 Å². The van der Waals surface area contributed by atoms with Crippen LogP contribution in [0.4, 0.5) is 0 Å². The highest BCUT2D eigenvalue weighted by Gasteiger charge is 1.96. The average molecular weight is 201 g/mol. The zero-order chi connectivity index (χ0) is 10.5. The highest BCUT2D eigenvalue weighted by molar-refractivity contribution is 5.51. The van der Waals surface area contributed by atoms with Crippen LogP contribution in [0.25, 0.3) is 11.7 Å². The second-order valence-electron chi connectivity index (χ2n) is 3.55. The second-order valence-corrected chi connectivity index (χ2v) is 3.55. The first-order valence-electron chi connectivity index (χ1n) is 5.37. The first kappa shape index (κ1) is 9.90. The second kappa shape index (κ2) is 4.73. The first-order valence-corrected chi connectivity index (χ1v) is 5.37. The van der Waals surface area contributed by atoms with E-state index in [0.29, 0.717) is 0 Å². The van der Waals surface area contributed by atoms with Crippen LogP contribution in [-0.2, 0) is 0 Å².